The fraction of sp³-hybridized carbons (Fsp3) is 0. The van der Waals surface area contributed by atoms with E-state index in [4.69, 9.17) is 0 Å². The average Bonchev–Trinajstić information content (AvgIpc) is 1.00. The minimum atomic E-state index is 0. The van der Waals surface area contributed by atoms with Crippen LogP contribution in [0.2, 0.25) is 0 Å². The van der Waals surface area contributed by atoms with E-state index >= 15 is 0 Å². The molecule has 0 radical (unpaired) electrons. The summed E-state index contributed by atoms with van der Waals surface area (Å²) in [5.41, 5.74) is 0. The van der Waals surface area contributed by atoms with Crippen LogP contribution >= 0.6 is 0 Å². The van der Waals surface area contributed by atoms with E-state index in [1.807, 2.05) is 0 Å². The van der Waals surface area contributed by atoms with Crippen molar-refractivity contribution < 1.29 is 5.48 Å². The summed E-state index contributed by atoms with van der Waals surface area (Å²) in [4.78, 5) is 0. The van der Waals surface area contributed by atoms with Crippen molar-refractivity contribution in [1.29, 1.82) is 0 Å². The van der Waals surface area contributed by atoms with Crippen molar-refractivity contribution in [2.24, 2.45) is 0 Å². The van der Waals surface area contributed by atoms with Gasteiger partial charge in [0.15, 0.2) is 0 Å². The molecule has 0 rings (SSSR count). The quantitative estimate of drug-likeness (QED) is 0.254. The zero-order chi connectivity index (χ0) is 2.00. The first-order chi connectivity index (χ1) is 1.00. The van der Waals surface area contributed by atoms with Gasteiger partial charge in [-0.2, -0.15) is 0 Å². The molecule has 2 N–H and O–H groups in total. The van der Waals surface area contributed by atoms with Crippen LogP contribution < -0.4 is 0 Å². The van der Waals surface area contributed by atoms with Crippen molar-refractivity contribution in [2.45, 2.75) is 0 Å². The minimum absolute atomic E-state index is 0. The van der Waals surface area contributed by atoms with E-state index in [-0.39, 0.29) is 43.2 Å². The van der Waals surface area contributed by atoms with Gasteiger partial charge in [-0.1, -0.05) is 0 Å². The predicted molar refractivity (Wildman–Crippen MR) is 22.0 cm³/mol. The first-order valence-electron chi connectivity index (χ1n) is 0.333. The molecule has 0 spiro atoms. The van der Waals surface area contributed by atoms with E-state index in [0.717, 1.165) is 0 Å². The molecule has 0 unspecified atom stereocenters. The number of hydrogen-bond donors (Lipinski definition) is 0. The Labute approximate surface area is 55.7 Å². The molecule has 0 bridgehead atoms. The van der Waals surface area contributed by atoms with E-state index < -0.39 is 0 Å². The van der Waals surface area contributed by atoms with E-state index in [2.05, 4.69) is 12.8 Å². The van der Waals surface area contributed by atoms with Crippen LogP contribution in [0.3, 0.4) is 0 Å². The van der Waals surface area contributed by atoms with Gasteiger partial charge in [-0.25, -0.2) is 0 Å². The first kappa shape index (κ1) is 21.6. The van der Waals surface area contributed by atoms with Gasteiger partial charge in [0.25, 0.3) is 0 Å². The van der Waals surface area contributed by atoms with Crippen molar-refractivity contribution in [2.75, 3.05) is 0 Å². The maximum atomic E-state index is 4.00. The summed E-state index contributed by atoms with van der Waals surface area (Å²) >= 11 is 0. The standard InChI is InChI=1S/C2H2.Ca.H2O.2H/c1-2;;;;/h1-2H;;1H2;;. The molecule has 1 nitrogen and oxygen atoms in total. The monoisotopic (exact) mass is 86.0 g/mol. The van der Waals surface area contributed by atoms with Gasteiger partial charge in [0, 0.05) is 0 Å². The molecule has 0 aromatic carbocycles. The van der Waals surface area contributed by atoms with Crippen LogP contribution in [0, 0.1) is 12.8 Å². The SMILES string of the molecule is C#C.O.[CaH2]. The molecule has 0 saturated carbocycles. The third kappa shape index (κ3) is 14.5. The van der Waals surface area contributed by atoms with Gasteiger partial charge in [-0.15, -0.1) is 12.8 Å². The Balaban J connectivity index is -0.00000000500. The van der Waals surface area contributed by atoms with E-state index in [9.17, 15) is 0 Å². The molecular weight excluding hydrogens is 80.1 g/mol. The van der Waals surface area contributed by atoms with Crippen molar-refractivity contribution in [3.05, 3.63) is 0 Å². The number of rotatable bonds is 0. The van der Waals surface area contributed by atoms with Gasteiger partial charge in [0.1, 0.15) is 0 Å². The zero-order valence-corrected chi connectivity index (χ0v) is 1.65. The van der Waals surface area contributed by atoms with Crippen molar-refractivity contribution >= 4 is 37.7 Å². The molecule has 2 heteroatoms. The third-order valence-electron chi connectivity index (χ3n) is 0. The van der Waals surface area contributed by atoms with E-state index in [1.54, 1.807) is 0 Å². The van der Waals surface area contributed by atoms with Crippen LogP contribution in [0.4, 0.5) is 0 Å². The topological polar surface area (TPSA) is 31.5 Å². The van der Waals surface area contributed by atoms with Gasteiger partial charge in [-0.3, -0.25) is 0 Å². The molecule has 22 valence electrons. The van der Waals surface area contributed by atoms with Gasteiger partial charge < -0.3 is 5.48 Å². The summed E-state index contributed by atoms with van der Waals surface area (Å²) in [6.07, 6.45) is 8.00. The average molecular weight is 86.1 g/mol. The molecule has 0 aliphatic rings. The number of hydrogen-bond acceptors (Lipinski definition) is 0. The van der Waals surface area contributed by atoms with Crippen LogP contribution in [-0.2, 0) is 0 Å². The summed E-state index contributed by atoms with van der Waals surface area (Å²) in [5, 5.41) is 0. The Kier molecular flexibility index (Phi) is 259. The normalized spacial score (nSPS) is 0.500. The summed E-state index contributed by atoms with van der Waals surface area (Å²) in [6, 6.07) is 0. The van der Waals surface area contributed by atoms with Gasteiger partial charge in [-0.05, 0) is 0 Å². The Morgan fingerprint density at radius 2 is 1.00 bits per heavy atom. The van der Waals surface area contributed by atoms with Crippen LogP contribution in [0.1, 0.15) is 0 Å². The van der Waals surface area contributed by atoms with Crippen molar-refractivity contribution in [3.63, 3.8) is 0 Å². The van der Waals surface area contributed by atoms with E-state index in [0.29, 0.717) is 0 Å². The third-order valence-corrected chi connectivity index (χ3v) is 0. The number of terminal acetylenes is 1. The Morgan fingerprint density at radius 1 is 1.00 bits per heavy atom. The Hall–Kier alpha value is 0.780. The molecule has 0 aromatic heterocycles. The molecule has 0 heterocycles. The molecule has 0 saturated heterocycles. The second-order valence-corrected chi connectivity index (χ2v) is 0. The van der Waals surface area contributed by atoms with Gasteiger partial charge in [0.05, 0.1) is 0 Å². The maximum absolute atomic E-state index is 4.00. The molecule has 0 amide bonds. The fourth-order valence-corrected chi connectivity index (χ4v) is 0. The molecule has 0 aliphatic heterocycles. The summed E-state index contributed by atoms with van der Waals surface area (Å²) < 4.78 is 0. The van der Waals surface area contributed by atoms with Crippen LogP contribution in [-0.4, -0.2) is 43.2 Å². The molecule has 4 heavy (non-hydrogen) atoms. The first-order valence-corrected chi connectivity index (χ1v) is 0.333. The summed E-state index contributed by atoms with van der Waals surface area (Å²) in [7, 11) is 0. The molecule has 0 aliphatic carbocycles. The fourth-order valence-electron chi connectivity index (χ4n) is 0. The van der Waals surface area contributed by atoms with Crippen LogP contribution in [0.25, 0.3) is 0 Å². The van der Waals surface area contributed by atoms with E-state index in [1.165, 1.54) is 0 Å². The van der Waals surface area contributed by atoms with Crippen molar-refractivity contribution in [1.82, 2.24) is 0 Å². The molecule has 0 atom stereocenters. The summed E-state index contributed by atoms with van der Waals surface area (Å²) in [6.45, 7) is 0. The van der Waals surface area contributed by atoms with Crippen LogP contribution in [0.5, 0.6) is 0 Å². The van der Waals surface area contributed by atoms with Crippen molar-refractivity contribution in [3.8, 4) is 12.8 Å². The van der Waals surface area contributed by atoms with Gasteiger partial charge in [0.2, 0.25) is 0 Å². The Bertz CT molecular complexity index is 10.8. The molecule has 0 fully saturated rings. The Morgan fingerprint density at radius 3 is 1.00 bits per heavy atom. The zero-order valence-electron chi connectivity index (χ0n) is 1.65. The predicted octanol–water partition coefficient (Wildman–Crippen LogP) is -1.49. The molecular formula is C2H6CaO. The summed E-state index contributed by atoms with van der Waals surface area (Å²) in [5.74, 6) is 0. The van der Waals surface area contributed by atoms with Gasteiger partial charge >= 0.3 is 37.7 Å². The molecule has 0 aromatic rings. The van der Waals surface area contributed by atoms with Crippen LogP contribution in [0.15, 0.2) is 0 Å². The second kappa shape index (κ2) is 48.0. The second-order valence-electron chi connectivity index (χ2n) is 0.